The normalized spacial score (nSPS) is 10.0. The summed E-state index contributed by atoms with van der Waals surface area (Å²) in [5, 5.41) is 11.4. The van der Waals surface area contributed by atoms with Gasteiger partial charge in [0.1, 0.15) is 0 Å². The lowest BCUT2D eigenvalue weighted by Gasteiger charge is -2.08. The van der Waals surface area contributed by atoms with Crippen LogP contribution in [0, 0.1) is 0 Å². The molecule has 1 aromatic heterocycles. The quantitative estimate of drug-likeness (QED) is 0.870. The SMILES string of the molecule is O=C(O)Cc1ccccc1NC(=O)c1cnsn1. The summed E-state index contributed by atoms with van der Waals surface area (Å²) >= 11 is 0.938. The number of benzene rings is 1. The Kier molecular flexibility index (Phi) is 3.63. The maximum atomic E-state index is 11.8. The van der Waals surface area contributed by atoms with Gasteiger partial charge in [-0.2, -0.15) is 8.75 Å². The minimum Gasteiger partial charge on any atom is -0.481 e. The number of hydrogen-bond donors (Lipinski definition) is 2. The standard InChI is InChI=1S/C11H9N3O3S/c15-10(16)5-7-3-1-2-4-8(7)13-11(17)9-6-12-18-14-9/h1-4,6H,5H2,(H,13,17)(H,15,16). The Balaban J connectivity index is 2.18. The molecule has 0 saturated heterocycles. The van der Waals surface area contributed by atoms with E-state index in [0.29, 0.717) is 11.3 Å². The molecule has 1 heterocycles. The van der Waals surface area contributed by atoms with Gasteiger partial charge in [0.15, 0.2) is 5.69 Å². The zero-order valence-electron chi connectivity index (χ0n) is 9.16. The Labute approximate surface area is 107 Å². The van der Waals surface area contributed by atoms with Crippen molar-refractivity contribution < 1.29 is 14.7 Å². The minimum atomic E-state index is -0.952. The monoisotopic (exact) mass is 263 g/mol. The van der Waals surface area contributed by atoms with Gasteiger partial charge in [-0.15, -0.1) is 0 Å². The van der Waals surface area contributed by atoms with Crippen molar-refractivity contribution >= 4 is 29.3 Å². The van der Waals surface area contributed by atoms with Gasteiger partial charge in [0.25, 0.3) is 5.91 Å². The van der Waals surface area contributed by atoms with Gasteiger partial charge < -0.3 is 10.4 Å². The number of rotatable bonds is 4. The van der Waals surface area contributed by atoms with Gasteiger partial charge in [-0.1, -0.05) is 18.2 Å². The molecule has 2 N–H and O–H groups in total. The lowest BCUT2D eigenvalue weighted by atomic mass is 10.1. The van der Waals surface area contributed by atoms with Gasteiger partial charge >= 0.3 is 5.97 Å². The van der Waals surface area contributed by atoms with E-state index in [2.05, 4.69) is 14.1 Å². The van der Waals surface area contributed by atoms with E-state index in [1.54, 1.807) is 24.3 Å². The van der Waals surface area contributed by atoms with Gasteiger partial charge in [-0.25, -0.2) is 0 Å². The van der Waals surface area contributed by atoms with Crippen LogP contribution in [-0.4, -0.2) is 25.7 Å². The molecular formula is C11H9N3O3S. The largest absolute Gasteiger partial charge is 0.481 e. The van der Waals surface area contributed by atoms with E-state index >= 15 is 0 Å². The van der Waals surface area contributed by atoms with Gasteiger partial charge in [0.05, 0.1) is 24.3 Å². The topological polar surface area (TPSA) is 92.2 Å². The highest BCUT2D eigenvalue weighted by Crippen LogP contribution is 2.16. The Bertz CT molecular complexity index is 569. The first-order valence-corrected chi connectivity index (χ1v) is 5.78. The second-order valence-corrected chi connectivity index (χ2v) is 4.03. The molecule has 1 amide bonds. The van der Waals surface area contributed by atoms with E-state index in [1.165, 1.54) is 6.20 Å². The number of hydrogen-bond acceptors (Lipinski definition) is 5. The zero-order chi connectivity index (χ0) is 13.0. The molecule has 0 saturated carbocycles. The van der Waals surface area contributed by atoms with Crippen molar-refractivity contribution in [3.8, 4) is 0 Å². The van der Waals surface area contributed by atoms with Crippen molar-refractivity contribution in [3.05, 3.63) is 41.7 Å². The average Bonchev–Trinajstić information content (AvgIpc) is 2.84. The third-order valence-electron chi connectivity index (χ3n) is 2.20. The number of nitrogens with one attached hydrogen (secondary N) is 1. The van der Waals surface area contributed by atoms with Crippen LogP contribution in [0.1, 0.15) is 16.1 Å². The predicted octanol–water partition coefficient (Wildman–Crippen LogP) is 1.42. The van der Waals surface area contributed by atoms with E-state index in [9.17, 15) is 9.59 Å². The molecule has 0 aliphatic heterocycles. The molecule has 0 bridgehead atoms. The molecule has 0 aliphatic rings. The Hall–Kier alpha value is -2.28. The highest BCUT2D eigenvalue weighted by atomic mass is 32.1. The number of anilines is 1. The molecule has 18 heavy (non-hydrogen) atoms. The van der Waals surface area contributed by atoms with Crippen molar-refractivity contribution in [2.24, 2.45) is 0 Å². The first kappa shape index (κ1) is 12.2. The van der Waals surface area contributed by atoms with E-state index in [1.807, 2.05) is 0 Å². The predicted molar refractivity (Wildman–Crippen MR) is 65.6 cm³/mol. The molecule has 0 atom stereocenters. The zero-order valence-corrected chi connectivity index (χ0v) is 9.98. The summed E-state index contributed by atoms with van der Waals surface area (Å²) in [5.41, 5.74) is 1.23. The van der Waals surface area contributed by atoms with Gasteiger partial charge in [0.2, 0.25) is 0 Å². The van der Waals surface area contributed by atoms with Crippen LogP contribution in [0.4, 0.5) is 5.69 Å². The van der Waals surface area contributed by atoms with Crippen molar-refractivity contribution in [2.75, 3.05) is 5.32 Å². The number of carboxylic acid groups (broad SMARTS) is 1. The minimum absolute atomic E-state index is 0.147. The molecule has 0 fully saturated rings. The lowest BCUT2D eigenvalue weighted by molar-refractivity contribution is -0.136. The summed E-state index contributed by atoms with van der Waals surface area (Å²) in [7, 11) is 0. The second-order valence-electron chi connectivity index (χ2n) is 3.47. The Morgan fingerprint density at radius 3 is 2.78 bits per heavy atom. The summed E-state index contributed by atoms with van der Waals surface area (Å²) in [4.78, 5) is 22.5. The average molecular weight is 263 g/mol. The van der Waals surface area contributed by atoms with Crippen LogP contribution in [0.5, 0.6) is 0 Å². The van der Waals surface area contributed by atoms with Crippen LogP contribution < -0.4 is 5.32 Å². The number of para-hydroxylation sites is 1. The summed E-state index contributed by atoms with van der Waals surface area (Å²) in [6.07, 6.45) is 1.21. The smallest absolute Gasteiger partial charge is 0.307 e. The number of carboxylic acids is 1. The van der Waals surface area contributed by atoms with E-state index in [-0.39, 0.29) is 12.1 Å². The second kappa shape index (κ2) is 5.37. The molecule has 1 aromatic carbocycles. The van der Waals surface area contributed by atoms with Crippen LogP contribution in [0.25, 0.3) is 0 Å². The fraction of sp³-hybridized carbons (Fsp3) is 0.0909. The fourth-order valence-corrected chi connectivity index (χ4v) is 1.82. The molecule has 2 rings (SSSR count). The molecule has 0 radical (unpaired) electrons. The summed E-state index contributed by atoms with van der Waals surface area (Å²) in [6, 6.07) is 6.75. The van der Waals surface area contributed by atoms with E-state index in [0.717, 1.165) is 11.7 Å². The van der Waals surface area contributed by atoms with Crippen LogP contribution in [-0.2, 0) is 11.2 Å². The van der Waals surface area contributed by atoms with Crippen LogP contribution in [0.3, 0.4) is 0 Å². The van der Waals surface area contributed by atoms with Crippen molar-refractivity contribution in [1.82, 2.24) is 8.75 Å². The maximum Gasteiger partial charge on any atom is 0.307 e. The van der Waals surface area contributed by atoms with Crippen LogP contribution in [0.2, 0.25) is 0 Å². The molecule has 0 unspecified atom stereocenters. The van der Waals surface area contributed by atoms with Crippen molar-refractivity contribution in [1.29, 1.82) is 0 Å². The highest BCUT2D eigenvalue weighted by molar-refractivity contribution is 6.99. The summed E-state index contributed by atoms with van der Waals surface area (Å²) < 4.78 is 7.54. The summed E-state index contributed by atoms with van der Waals surface area (Å²) in [6.45, 7) is 0. The number of aromatic nitrogens is 2. The van der Waals surface area contributed by atoms with E-state index in [4.69, 9.17) is 5.11 Å². The van der Waals surface area contributed by atoms with Crippen molar-refractivity contribution in [3.63, 3.8) is 0 Å². The molecule has 2 aromatic rings. The third-order valence-corrected chi connectivity index (χ3v) is 2.68. The molecule has 92 valence electrons. The van der Waals surface area contributed by atoms with Crippen molar-refractivity contribution in [2.45, 2.75) is 6.42 Å². The Morgan fingerprint density at radius 1 is 1.33 bits per heavy atom. The number of nitrogens with zero attached hydrogens (tertiary/aromatic N) is 2. The molecule has 0 spiro atoms. The van der Waals surface area contributed by atoms with Crippen LogP contribution in [0.15, 0.2) is 30.5 Å². The molecule has 0 aliphatic carbocycles. The number of amides is 1. The number of aliphatic carboxylic acids is 1. The molecule has 6 nitrogen and oxygen atoms in total. The number of carbonyl (C=O) groups is 2. The fourth-order valence-electron chi connectivity index (χ4n) is 1.41. The summed E-state index contributed by atoms with van der Waals surface area (Å²) in [5.74, 6) is -1.35. The maximum absolute atomic E-state index is 11.8. The molecular weight excluding hydrogens is 254 g/mol. The highest BCUT2D eigenvalue weighted by Gasteiger charge is 2.12. The number of carbonyl (C=O) groups excluding carboxylic acids is 1. The first-order valence-electron chi connectivity index (χ1n) is 5.05. The molecule has 7 heteroatoms. The van der Waals surface area contributed by atoms with Gasteiger partial charge in [-0.05, 0) is 11.6 Å². The lowest BCUT2D eigenvalue weighted by Crippen LogP contribution is -2.14. The van der Waals surface area contributed by atoms with Gasteiger partial charge in [-0.3, -0.25) is 9.59 Å². The Morgan fingerprint density at radius 2 is 2.11 bits per heavy atom. The van der Waals surface area contributed by atoms with Gasteiger partial charge in [0, 0.05) is 5.69 Å². The van der Waals surface area contributed by atoms with Crippen LogP contribution >= 0.6 is 11.7 Å². The van der Waals surface area contributed by atoms with E-state index < -0.39 is 11.9 Å². The third kappa shape index (κ3) is 2.89. The first-order chi connectivity index (χ1) is 8.66.